The summed E-state index contributed by atoms with van der Waals surface area (Å²) >= 11 is 0. The van der Waals surface area contributed by atoms with Crippen molar-refractivity contribution in [3.63, 3.8) is 0 Å². The number of aromatic nitrogens is 1. The highest BCUT2D eigenvalue weighted by Gasteiger charge is 2.10. The van der Waals surface area contributed by atoms with E-state index in [4.69, 9.17) is 4.74 Å². The molecule has 5 nitrogen and oxygen atoms in total. The van der Waals surface area contributed by atoms with Gasteiger partial charge in [0.1, 0.15) is 17.4 Å². The molecule has 1 heterocycles. The quantitative estimate of drug-likeness (QED) is 0.597. The summed E-state index contributed by atoms with van der Waals surface area (Å²) in [5.74, 6) is 1.34. The Morgan fingerprint density at radius 3 is 2.50 bits per heavy atom. The van der Waals surface area contributed by atoms with Crippen LogP contribution in [-0.4, -0.2) is 19.3 Å². The van der Waals surface area contributed by atoms with Gasteiger partial charge in [-0.15, -0.1) is 0 Å². The van der Waals surface area contributed by atoms with Crippen LogP contribution < -0.4 is 10.1 Å². The van der Waals surface area contributed by atoms with E-state index < -0.39 is 10.7 Å². The predicted octanol–water partition coefficient (Wildman–Crippen LogP) is 3.76. The molecule has 0 fully saturated rings. The number of benzene rings is 2. The number of nitrogens with one attached hydrogen (secondary N) is 2. The van der Waals surface area contributed by atoms with Crippen molar-refractivity contribution in [2.24, 2.45) is 0 Å². The molecule has 0 radical (unpaired) electrons. The zero-order valence-corrected chi connectivity index (χ0v) is 14.0. The molecule has 2 aromatic carbocycles. The molecule has 0 saturated carbocycles. The van der Waals surface area contributed by atoms with Gasteiger partial charge in [-0.25, -0.2) is 8.42 Å². The molecule has 1 aromatic heterocycles. The third-order valence-corrected chi connectivity index (χ3v) is 3.90. The second-order valence-corrected chi connectivity index (χ2v) is 6.33. The molecule has 2 N–H and O–H groups in total. The summed E-state index contributed by atoms with van der Waals surface area (Å²) in [6.07, 6.45) is 0. The Bertz CT molecular complexity index is 894. The van der Waals surface area contributed by atoms with Crippen LogP contribution in [0, 0.1) is 6.92 Å². The van der Waals surface area contributed by atoms with Crippen molar-refractivity contribution < 1.29 is 13.2 Å². The molecule has 0 amide bonds. The number of hydrogen-bond acceptors (Lipinski definition) is 4. The molecule has 6 heteroatoms. The van der Waals surface area contributed by atoms with Crippen molar-refractivity contribution in [3.8, 4) is 22.8 Å². The molecule has 0 atom stereocenters. The lowest BCUT2D eigenvalue weighted by Gasteiger charge is -2.13. The van der Waals surface area contributed by atoms with Crippen molar-refractivity contribution in [3.05, 3.63) is 66.4 Å². The average Bonchev–Trinajstić information content (AvgIpc) is 3.01. The molecule has 0 unspecified atom stereocenters. The fourth-order valence-corrected chi connectivity index (χ4v) is 2.68. The number of ether oxygens (including phenoxy) is 1. The largest absolute Gasteiger partial charge is 0.457 e. The van der Waals surface area contributed by atoms with Gasteiger partial charge in [0.15, 0.2) is 10.7 Å². The van der Waals surface area contributed by atoms with Crippen LogP contribution in [0.1, 0.15) is 5.69 Å². The fraction of sp³-hybridized carbons (Fsp3) is 0.111. The average molecular weight is 342 g/mol. The minimum absolute atomic E-state index is 0.0998. The third-order valence-electron chi connectivity index (χ3n) is 3.48. The summed E-state index contributed by atoms with van der Waals surface area (Å²) < 4.78 is 27.6. The minimum atomic E-state index is -2.48. The zero-order valence-electron chi connectivity index (χ0n) is 13.2. The monoisotopic (exact) mass is 342 g/mol. The van der Waals surface area contributed by atoms with E-state index in [0.717, 1.165) is 28.4 Å². The second-order valence-electron chi connectivity index (χ2n) is 5.35. The van der Waals surface area contributed by atoms with Crippen LogP contribution >= 0.6 is 0 Å². The molecule has 124 valence electrons. The van der Waals surface area contributed by atoms with E-state index in [1.807, 2.05) is 61.5 Å². The van der Waals surface area contributed by atoms with E-state index >= 15 is 0 Å². The standard InChI is InChI=1S/C18H18N2O3S/c1-13-7-9-17(20-13)16-11-14(19-12-24(21)22)8-10-18(16)23-15-5-3-2-4-6-15/h2-11,19-20,24H,12H2,1H3. The zero-order chi connectivity index (χ0) is 16.9. The molecule has 0 aliphatic rings. The fourth-order valence-electron chi connectivity index (χ4n) is 2.37. The molecule has 0 saturated heterocycles. The van der Waals surface area contributed by atoms with Crippen molar-refractivity contribution in [2.45, 2.75) is 6.92 Å². The summed E-state index contributed by atoms with van der Waals surface area (Å²) in [6.45, 7) is 1.98. The van der Waals surface area contributed by atoms with Crippen molar-refractivity contribution in [2.75, 3.05) is 11.2 Å². The highest BCUT2D eigenvalue weighted by atomic mass is 32.2. The molecule has 0 aliphatic carbocycles. The van der Waals surface area contributed by atoms with Crippen molar-refractivity contribution in [1.29, 1.82) is 0 Å². The Balaban J connectivity index is 1.97. The summed E-state index contributed by atoms with van der Waals surface area (Å²) in [6, 6.07) is 19.0. The summed E-state index contributed by atoms with van der Waals surface area (Å²) in [5.41, 5.74) is 3.53. The molecular formula is C18H18N2O3S. The number of aryl methyl sites for hydroxylation is 1. The first-order chi connectivity index (χ1) is 11.6. The lowest BCUT2D eigenvalue weighted by molar-refractivity contribution is 0.484. The van der Waals surface area contributed by atoms with Crippen LogP contribution in [0.2, 0.25) is 0 Å². The van der Waals surface area contributed by atoms with Gasteiger partial charge in [0.2, 0.25) is 0 Å². The lowest BCUT2D eigenvalue weighted by Crippen LogP contribution is -2.02. The maximum absolute atomic E-state index is 10.8. The SMILES string of the molecule is Cc1ccc(-c2cc(NC[SH](=O)=O)ccc2Oc2ccccc2)[nH]1. The topological polar surface area (TPSA) is 71.2 Å². The van der Waals surface area contributed by atoms with Crippen molar-refractivity contribution >= 4 is 16.4 Å². The van der Waals surface area contributed by atoms with Crippen LogP contribution in [-0.2, 0) is 10.7 Å². The van der Waals surface area contributed by atoms with E-state index in [1.165, 1.54) is 0 Å². The highest BCUT2D eigenvalue weighted by molar-refractivity contribution is 7.72. The first kappa shape index (κ1) is 16.1. The van der Waals surface area contributed by atoms with Crippen LogP contribution in [0.25, 0.3) is 11.3 Å². The van der Waals surface area contributed by atoms with Gasteiger partial charge in [-0.05, 0) is 49.4 Å². The third kappa shape index (κ3) is 3.97. The first-order valence-corrected chi connectivity index (χ1v) is 8.87. The summed E-state index contributed by atoms with van der Waals surface area (Å²) in [7, 11) is -2.48. The number of thiol groups is 1. The Morgan fingerprint density at radius 1 is 1.04 bits per heavy atom. The van der Waals surface area contributed by atoms with Crippen LogP contribution in [0.4, 0.5) is 5.69 Å². The van der Waals surface area contributed by atoms with Gasteiger partial charge in [0, 0.05) is 22.6 Å². The smallest absolute Gasteiger partial charge is 0.158 e. The van der Waals surface area contributed by atoms with Crippen LogP contribution in [0.3, 0.4) is 0 Å². The Morgan fingerprint density at radius 2 is 1.83 bits per heavy atom. The molecule has 3 aromatic rings. The Hall–Kier alpha value is -2.73. The summed E-state index contributed by atoms with van der Waals surface area (Å²) in [4.78, 5) is 3.28. The van der Waals surface area contributed by atoms with Crippen LogP contribution in [0.5, 0.6) is 11.5 Å². The molecule has 3 rings (SSSR count). The van der Waals surface area contributed by atoms with Gasteiger partial charge in [-0.1, -0.05) is 18.2 Å². The maximum Gasteiger partial charge on any atom is 0.158 e. The predicted molar refractivity (Wildman–Crippen MR) is 96.3 cm³/mol. The van der Waals surface area contributed by atoms with E-state index in [0.29, 0.717) is 5.75 Å². The first-order valence-electron chi connectivity index (χ1n) is 7.50. The molecule has 0 aliphatic heterocycles. The van der Waals surface area contributed by atoms with E-state index in [1.54, 1.807) is 6.07 Å². The normalized spacial score (nSPS) is 10.8. The molecule has 0 spiro atoms. The number of para-hydroxylation sites is 1. The lowest BCUT2D eigenvalue weighted by atomic mass is 10.1. The Labute approximate surface area is 142 Å². The van der Waals surface area contributed by atoms with Gasteiger partial charge in [0.05, 0.1) is 0 Å². The van der Waals surface area contributed by atoms with Crippen molar-refractivity contribution in [1.82, 2.24) is 4.98 Å². The van der Waals surface area contributed by atoms with Crippen LogP contribution in [0.15, 0.2) is 60.7 Å². The molecular weight excluding hydrogens is 324 g/mol. The number of aromatic amines is 1. The Kier molecular flexibility index (Phi) is 4.86. The van der Waals surface area contributed by atoms with Gasteiger partial charge in [-0.3, -0.25) is 0 Å². The number of H-pyrrole nitrogens is 1. The van der Waals surface area contributed by atoms with Gasteiger partial charge < -0.3 is 15.0 Å². The van der Waals surface area contributed by atoms with E-state index in [2.05, 4.69) is 10.3 Å². The van der Waals surface area contributed by atoms with E-state index in [9.17, 15) is 8.42 Å². The molecule has 0 bridgehead atoms. The summed E-state index contributed by atoms with van der Waals surface area (Å²) in [5, 5.41) is 2.89. The molecule has 24 heavy (non-hydrogen) atoms. The van der Waals surface area contributed by atoms with Gasteiger partial charge in [0.25, 0.3) is 0 Å². The second kappa shape index (κ2) is 7.23. The maximum atomic E-state index is 10.8. The number of hydrogen-bond donors (Lipinski definition) is 3. The minimum Gasteiger partial charge on any atom is -0.457 e. The number of rotatable bonds is 6. The highest BCUT2D eigenvalue weighted by Crippen LogP contribution is 2.35. The van der Waals surface area contributed by atoms with Gasteiger partial charge >= 0.3 is 0 Å². The van der Waals surface area contributed by atoms with E-state index in [-0.39, 0.29) is 5.88 Å². The number of anilines is 1. The van der Waals surface area contributed by atoms with Gasteiger partial charge in [-0.2, -0.15) is 0 Å².